The van der Waals surface area contributed by atoms with Gasteiger partial charge < -0.3 is 5.73 Å². The minimum absolute atomic E-state index is 0.258. The molecule has 0 spiro atoms. The Labute approximate surface area is 76.2 Å². The molecule has 1 heterocycles. The number of aromatic nitrogens is 1. The van der Waals surface area contributed by atoms with Gasteiger partial charge in [0, 0.05) is 12.2 Å². The van der Waals surface area contributed by atoms with Gasteiger partial charge in [0.1, 0.15) is 11.8 Å². The van der Waals surface area contributed by atoms with Crippen molar-refractivity contribution in [1.29, 1.82) is 10.5 Å². The summed E-state index contributed by atoms with van der Waals surface area (Å²) in [6, 6.07) is 6.88. The third-order valence-corrected chi connectivity index (χ3v) is 1.64. The van der Waals surface area contributed by atoms with Crippen molar-refractivity contribution in [2.24, 2.45) is 5.73 Å². The van der Waals surface area contributed by atoms with Gasteiger partial charge in [0.05, 0.1) is 12.5 Å². The van der Waals surface area contributed by atoms with Crippen LogP contribution in [0, 0.1) is 22.7 Å². The average Bonchev–Trinajstić information content (AvgIpc) is 2.18. The molecule has 0 saturated heterocycles. The maximum Gasteiger partial charge on any atom is 0.140 e. The molecule has 2 N–H and O–H groups in total. The summed E-state index contributed by atoms with van der Waals surface area (Å²) in [6.07, 6.45) is 1.79. The summed E-state index contributed by atoms with van der Waals surface area (Å²) in [5, 5.41) is 16.9. The van der Waals surface area contributed by atoms with E-state index in [0.717, 1.165) is 5.56 Å². The van der Waals surface area contributed by atoms with Gasteiger partial charge in [-0.3, -0.25) is 0 Å². The fraction of sp³-hybridized carbons (Fsp3) is 0.222. The Hall–Kier alpha value is -1.91. The summed E-state index contributed by atoms with van der Waals surface area (Å²) in [5.74, 6) is 0. The number of rotatable bonds is 2. The van der Waals surface area contributed by atoms with Crippen molar-refractivity contribution in [3.05, 3.63) is 29.6 Å². The Morgan fingerprint density at radius 1 is 1.46 bits per heavy atom. The topological polar surface area (TPSA) is 86.5 Å². The second kappa shape index (κ2) is 4.20. The summed E-state index contributed by atoms with van der Waals surface area (Å²) in [5.41, 5.74) is 6.78. The third kappa shape index (κ3) is 2.26. The van der Waals surface area contributed by atoms with Gasteiger partial charge in [0.15, 0.2) is 0 Å². The van der Waals surface area contributed by atoms with E-state index < -0.39 is 0 Å². The molecule has 1 aromatic heterocycles. The quantitative estimate of drug-likeness (QED) is 0.716. The molecule has 0 aliphatic rings. The molecule has 64 valence electrons. The van der Waals surface area contributed by atoms with Crippen molar-refractivity contribution in [3.63, 3.8) is 0 Å². The summed E-state index contributed by atoms with van der Waals surface area (Å²) >= 11 is 0. The molecule has 13 heavy (non-hydrogen) atoms. The molecule has 4 heteroatoms. The first-order valence-corrected chi connectivity index (χ1v) is 3.76. The molecule has 0 aliphatic heterocycles. The summed E-state index contributed by atoms with van der Waals surface area (Å²) in [4.78, 5) is 3.85. The van der Waals surface area contributed by atoms with Crippen LogP contribution in [-0.4, -0.2) is 4.98 Å². The second-order valence-corrected chi connectivity index (χ2v) is 2.56. The largest absolute Gasteiger partial charge is 0.323 e. The van der Waals surface area contributed by atoms with Gasteiger partial charge in [-0.15, -0.1) is 0 Å². The van der Waals surface area contributed by atoms with Crippen LogP contribution >= 0.6 is 0 Å². The van der Waals surface area contributed by atoms with E-state index in [1.807, 2.05) is 12.1 Å². The van der Waals surface area contributed by atoms with Gasteiger partial charge >= 0.3 is 0 Å². The average molecular weight is 172 g/mol. The minimum Gasteiger partial charge on any atom is -0.323 e. The molecule has 0 amide bonds. The first kappa shape index (κ1) is 9.18. The van der Waals surface area contributed by atoms with Crippen LogP contribution in [0.15, 0.2) is 18.3 Å². The fourth-order valence-electron chi connectivity index (χ4n) is 0.907. The maximum atomic E-state index is 8.47. The molecule has 0 radical (unpaired) electrons. The number of hydrogen-bond donors (Lipinski definition) is 1. The van der Waals surface area contributed by atoms with E-state index in [0.29, 0.717) is 5.69 Å². The lowest BCUT2D eigenvalue weighted by Gasteiger charge is -2.05. The number of nitrogens with two attached hydrogens (primary N) is 1. The van der Waals surface area contributed by atoms with Gasteiger partial charge in [0.25, 0.3) is 0 Å². The fourth-order valence-corrected chi connectivity index (χ4v) is 0.907. The van der Waals surface area contributed by atoms with Gasteiger partial charge in [-0.1, -0.05) is 6.07 Å². The van der Waals surface area contributed by atoms with Crippen LogP contribution in [0.4, 0.5) is 0 Å². The number of hydrogen-bond acceptors (Lipinski definition) is 4. The predicted molar refractivity (Wildman–Crippen MR) is 46.1 cm³/mol. The minimum atomic E-state index is -0.315. The third-order valence-electron chi connectivity index (χ3n) is 1.64. The molecule has 4 nitrogen and oxygen atoms in total. The predicted octanol–water partition coefficient (Wildman–Crippen LogP) is 0.867. The highest BCUT2D eigenvalue weighted by atomic mass is 14.7. The van der Waals surface area contributed by atoms with E-state index in [4.69, 9.17) is 16.3 Å². The van der Waals surface area contributed by atoms with Crippen LogP contribution in [0.1, 0.15) is 23.7 Å². The van der Waals surface area contributed by atoms with E-state index in [1.165, 1.54) is 6.20 Å². The summed E-state index contributed by atoms with van der Waals surface area (Å²) in [6.45, 7) is 0. The van der Waals surface area contributed by atoms with Crippen molar-refractivity contribution >= 4 is 0 Å². The molecule has 1 atom stereocenters. The van der Waals surface area contributed by atoms with Gasteiger partial charge in [0.2, 0.25) is 0 Å². The highest BCUT2D eigenvalue weighted by Gasteiger charge is 2.04. The Balaban J connectivity index is 2.82. The van der Waals surface area contributed by atoms with Crippen molar-refractivity contribution < 1.29 is 0 Å². The second-order valence-electron chi connectivity index (χ2n) is 2.56. The zero-order chi connectivity index (χ0) is 9.68. The van der Waals surface area contributed by atoms with Crippen LogP contribution in [0.2, 0.25) is 0 Å². The molecule has 0 aliphatic carbocycles. The monoisotopic (exact) mass is 172 g/mol. The first-order chi connectivity index (χ1) is 6.27. The van der Waals surface area contributed by atoms with Crippen molar-refractivity contribution in [2.75, 3.05) is 0 Å². The van der Waals surface area contributed by atoms with E-state index in [1.54, 1.807) is 12.1 Å². The molecule has 1 aromatic rings. The number of nitrogens with zero attached hydrogens (tertiary/aromatic N) is 3. The van der Waals surface area contributed by atoms with Gasteiger partial charge in [-0.05, 0) is 11.6 Å². The van der Waals surface area contributed by atoms with Crippen LogP contribution in [0.5, 0.6) is 0 Å². The van der Waals surface area contributed by atoms with Crippen LogP contribution < -0.4 is 5.73 Å². The summed E-state index contributed by atoms with van der Waals surface area (Å²) in [7, 11) is 0. The standard InChI is InChI=1S/C9H8N4/c10-4-3-9(12)7-1-2-8(5-11)13-6-7/h1-2,6,9H,3,12H2. The Morgan fingerprint density at radius 3 is 2.69 bits per heavy atom. The van der Waals surface area contributed by atoms with E-state index >= 15 is 0 Å². The Bertz CT molecular complexity index is 355. The van der Waals surface area contributed by atoms with Crippen LogP contribution in [0.25, 0.3) is 0 Å². The number of nitriles is 2. The molecule has 0 bridgehead atoms. The highest BCUT2D eigenvalue weighted by Crippen LogP contribution is 2.11. The van der Waals surface area contributed by atoms with Crippen LogP contribution in [-0.2, 0) is 0 Å². The van der Waals surface area contributed by atoms with E-state index in [2.05, 4.69) is 4.98 Å². The van der Waals surface area contributed by atoms with E-state index in [-0.39, 0.29) is 12.5 Å². The van der Waals surface area contributed by atoms with Crippen molar-refractivity contribution in [3.8, 4) is 12.1 Å². The SMILES string of the molecule is N#CCC(N)c1ccc(C#N)nc1. The lowest BCUT2D eigenvalue weighted by Crippen LogP contribution is -2.09. The lowest BCUT2D eigenvalue weighted by atomic mass is 10.1. The van der Waals surface area contributed by atoms with E-state index in [9.17, 15) is 0 Å². The smallest absolute Gasteiger partial charge is 0.140 e. The Morgan fingerprint density at radius 2 is 2.23 bits per heavy atom. The van der Waals surface area contributed by atoms with Gasteiger partial charge in [-0.25, -0.2) is 4.98 Å². The molecule has 1 rings (SSSR count). The van der Waals surface area contributed by atoms with Gasteiger partial charge in [-0.2, -0.15) is 10.5 Å². The normalized spacial score (nSPS) is 11.3. The lowest BCUT2D eigenvalue weighted by molar-refractivity contribution is 0.743. The van der Waals surface area contributed by atoms with Crippen LogP contribution in [0.3, 0.4) is 0 Å². The zero-order valence-electron chi connectivity index (χ0n) is 6.94. The van der Waals surface area contributed by atoms with Crippen molar-refractivity contribution in [2.45, 2.75) is 12.5 Å². The molecular weight excluding hydrogens is 164 g/mol. The molecule has 0 fully saturated rings. The molecule has 0 saturated carbocycles. The number of pyridine rings is 1. The van der Waals surface area contributed by atoms with Crippen molar-refractivity contribution in [1.82, 2.24) is 4.98 Å². The molecule has 1 unspecified atom stereocenters. The first-order valence-electron chi connectivity index (χ1n) is 3.76. The Kier molecular flexibility index (Phi) is 2.97. The zero-order valence-corrected chi connectivity index (χ0v) is 6.94. The molecule has 0 aromatic carbocycles. The highest BCUT2D eigenvalue weighted by molar-refractivity contribution is 5.25. The summed E-state index contributed by atoms with van der Waals surface area (Å²) < 4.78 is 0. The maximum absolute atomic E-state index is 8.47. The molecular formula is C9H8N4.